The van der Waals surface area contributed by atoms with E-state index in [-0.39, 0.29) is 12.4 Å². The molecule has 0 aromatic carbocycles. The molecule has 2 aromatic heterocycles. The number of aromatic nitrogens is 4. The Morgan fingerprint density at radius 3 is 3.12 bits per heavy atom. The predicted molar refractivity (Wildman–Crippen MR) is 60.6 cm³/mol. The average Bonchev–Trinajstić information content (AvgIpc) is 2.79. The van der Waals surface area contributed by atoms with Crippen LogP contribution in [0.2, 0.25) is 5.02 Å². The number of carbonyl (C=O) groups excluding carboxylic acids is 1. The minimum Gasteiger partial charge on any atom is -0.460 e. The zero-order valence-corrected chi connectivity index (χ0v) is 9.73. The van der Waals surface area contributed by atoms with Gasteiger partial charge in [-0.25, -0.2) is 9.78 Å². The van der Waals surface area contributed by atoms with E-state index in [0.717, 1.165) is 0 Å². The molecule has 2 rings (SSSR count). The summed E-state index contributed by atoms with van der Waals surface area (Å²) in [6.07, 6.45) is 3.05. The number of halogens is 1. The number of carbonyl (C=O) groups is 1. The highest BCUT2D eigenvalue weighted by molar-refractivity contribution is 6.33. The van der Waals surface area contributed by atoms with Crippen molar-refractivity contribution in [2.24, 2.45) is 0 Å². The number of H-pyrrole nitrogens is 1. The molecule has 2 aromatic rings. The summed E-state index contributed by atoms with van der Waals surface area (Å²) in [5.41, 5.74) is 0.605. The lowest BCUT2D eigenvalue weighted by Crippen LogP contribution is -2.06. The summed E-state index contributed by atoms with van der Waals surface area (Å²) in [7, 11) is 0. The lowest BCUT2D eigenvalue weighted by Gasteiger charge is -1.97. The first-order chi connectivity index (χ1) is 8.22. The number of nitrogens with one attached hydrogen (secondary N) is 1. The van der Waals surface area contributed by atoms with E-state index in [4.69, 9.17) is 16.3 Å². The molecule has 1 N–H and O–H groups in total. The Labute approximate surface area is 102 Å². The van der Waals surface area contributed by atoms with Crippen molar-refractivity contribution in [1.29, 1.82) is 0 Å². The number of hydrogen-bond donors (Lipinski definition) is 1. The summed E-state index contributed by atoms with van der Waals surface area (Å²) >= 11 is 5.94. The molecule has 0 bridgehead atoms. The summed E-state index contributed by atoms with van der Waals surface area (Å²) < 4.78 is 4.79. The largest absolute Gasteiger partial charge is 0.460 e. The van der Waals surface area contributed by atoms with Crippen molar-refractivity contribution >= 4 is 17.6 Å². The summed E-state index contributed by atoms with van der Waals surface area (Å²) in [5, 5.41) is 6.82. The lowest BCUT2D eigenvalue weighted by molar-refractivity contribution is 0.0512. The second kappa shape index (κ2) is 4.92. The standard InChI is InChI=1S/C10H9ClN4O2/c1-2-17-10(16)9-13-8(14-15-9)6-3-4-12-5-7(6)11/h3-5H,2H2,1H3,(H,13,14,15). The molecule has 0 aliphatic rings. The third-order valence-electron chi connectivity index (χ3n) is 1.97. The van der Waals surface area contributed by atoms with Gasteiger partial charge >= 0.3 is 5.97 Å². The van der Waals surface area contributed by atoms with Crippen molar-refractivity contribution in [3.8, 4) is 11.4 Å². The van der Waals surface area contributed by atoms with Crippen molar-refractivity contribution in [2.75, 3.05) is 6.61 Å². The van der Waals surface area contributed by atoms with E-state index in [9.17, 15) is 4.79 Å². The van der Waals surface area contributed by atoms with Gasteiger partial charge in [0.1, 0.15) is 0 Å². The first-order valence-electron chi connectivity index (χ1n) is 4.91. The molecular weight excluding hydrogens is 244 g/mol. The van der Waals surface area contributed by atoms with Gasteiger partial charge in [-0.05, 0) is 13.0 Å². The minimum atomic E-state index is -0.545. The van der Waals surface area contributed by atoms with Gasteiger partial charge in [-0.2, -0.15) is 5.10 Å². The second-order valence-corrected chi connectivity index (χ2v) is 3.49. The van der Waals surface area contributed by atoms with Gasteiger partial charge in [0, 0.05) is 18.0 Å². The quantitative estimate of drug-likeness (QED) is 0.841. The highest BCUT2D eigenvalue weighted by atomic mass is 35.5. The van der Waals surface area contributed by atoms with Crippen LogP contribution in [-0.4, -0.2) is 32.7 Å². The molecule has 0 fully saturated rings. The normalized spacial score (nSPS) is 10.2. The first-order valence-corrected chi connectivity index (χ1v) is 5.29. The molecule has 17 heavy (non-hydrogen) atoms. The van der Waals surface area contributed by atoms with Crippen molar-refractivity contribution in [1.82, 2.24) is 20.2 Å². The zero-order chi connectivity index (χ0) is 12.3. The Hall–Kier alpha value is -1.95. The molecular formula is C10H9ClN4O2. The average molecular weight is 253 g/mol. The molecule has 2 heterocycles. The predicted octanol–water partition coefficient (Wildman–Crippen LogP) is 1.70. The SMILES string of the molecule is CCOC(=O)c1nc(-c2ccncc2Cl)n[nH]1. The molecule has 0 saturated heterocycles. The van der Waals surface area contributed by atoms with Gasteiger partial charge in [-0.3, -0.25) is 10.1 Å². The van der Waals surface area contributed by atoms with Gasteiger partial charge in [-0.15, -0.1) is 0 Å². The maximum absolute atomic E-state index is 11.4. The van der Waals surface area contributed by atoms with E-state index in [1.165, 1.54) is 6.20 Å². The first kappa shape index (κ1) is 11.5. The molecule has 6 nitrogen and oxygen atoms in total. The van der Waals surface area contributed by atoms with Gasteiger partial charge in [0.25, 0.3) is 0 Å². The van der Waals surface area contributed by atoms with E-state index in [1.807, 2.05) is 0 Å². The Kier molecular flexibility index (Phi) is 3.34. The molecule has 0 radical (unpaired) electrons. The third kappa shape index (κ3) is 2.42. The van der Waals surface area contributed by atoms with Gasteiger partial charge < -0.3 is 4.74 Å². The Morgan fingerprint density at radius 1 is 1.59 bits per heavy atom. The van der Waals surface area contributed by atoms with Gasteiger partial charge in [-0.1, -0.05) is 11.6 Å². The molecule has 0 unspecified atom stereocenters. The molecule has 88 valence electrons. The highest BCUT2D eigenvalue weighted by Gasteiger charge is 2.15. The van der Waals surface area contributed by atoms with Crippen molar-refractivity contribution in [2.45, 2.75) is 6.92 Å². The van der Waals surface area contributed by atoms with E-state index in [2.05, 4.69) is 20.2 Å². The molecule has 0 aliphatic carbocycles. The molecule has 0 amide bonds. The van der Waals surface area contributed by atoms with Gasteiger partial charge in [0.15, 0.2) is 5.82 Å². The minimum absolute atomic E-state index is 0.0507. The van der Waals surface area contributed by atoms with Crippen LogP contribution in [0, 0.1) is 0 Å². The number of nitrogens with zero attached hydrogens (tertiary/aromatic N) is 3. The maximum Gasteiger partial charge on any atom is 0.375 e. The molecule has 0 spiro atoms. The number of aromatic amines is 1. The van der Waals surface area contributed by atoms with Crippen LogP contribution in [0.1, 0.15) is 17.5 Å². The summed E-state index contributed by atoms with van der Waals surface area (Å²) in [5.74, 6) is -0.161. The van der Waals surface area contributed by atoms with Gasteiger partial charge in [0.05, 0.1) is 11.6 Å². The van der Waals surface area contributed by atoms with Crippen LogP contribution in [0.15, 0.2) is 18.5 Å². The summed E-state index contributed by atoms with van der Waals surface area (Å²) in [6, 6.07) is 1.67. The Balaban J connectivity index is 2.30. The van der Waals surface area contributed by atoms with Crippen LogP contribution in [-0.2, 0) is 4.74 Å². The molecule has 7 heteroatoms. The molecule has 0 atom stereocenters. The van der Waals surface area contributed by atoms with Gasteiger partial charge in [0.2, 0.25) is 5.82 Å². The number of esters is 1. The van der Waals surface area contributed by atoms with Crippen molar-refractivity contribution < 1.29 is 9.53 Å². The fourth-order valence-corrected chi connectivity index (χ4v) is 1.43. The van der Waals surface area contributed by atoms with E-state index in [0.29, 0.717) is 16.4 Å². The second-order valence-electron chi connectivity index (χ2n) is 3.08. The molecule has 0 saturated carbocycles. The topological polar surface area (TPSA) is 80.8 Å². The Bertz CT molecular complexity index is 541. The van der Waals surface area contributed by atoms with E-state index < -0.39 is 5.97 Å². The highest BCUT2D eigenvalue weighted by Crippen LogP contribution is 2.23. The maximum atomic E-state index is 11.4. The van der Waals surface area contributed by atoms with Crippen LogP contribution in [0.5, 0.6) is 0 Å². The number of ether oxygens (including phenoxy) is 1. The zero-order valence-electron chi connectivity index (χ0n) is 8.98. The fourth-order valence-electron chi connectivity index (χ4n) is 1.23. The third-order valence-corrected chi connectivity index (χ3v) is 2.27. The van der Waals surface area contributed by atoms with Crippen LogP contribution < -0.4 is 0 Å². The number of rotatable bonds is 3. The lowest BCUT2D eigenvalue weighted by atomic mass is 10.2. The Morgan fingerprint density at radius 2 is 2.41 bits per heavy atom. The van der Waals surface area contributed by atoms with Crippen LogP contribution in [0.3, 0.4) is 0 Å². The van der Waals surface area contributed by atoms with E-state index in [1.54, 1.807) is 19.2 Å². The monoisotopic (exact) mass is 252 g/mol. The number of pyridine rings is 1. The summed E-state index contributed by atoms with van der Waals surface area (Å²) in [6.45, 7) is 2.00. The smallest absolute Gasteiger partial charge is 0.375 e. The molecule has 0 aliphatic heterocycles. The van der Waals surface area contributed by atoms with Crippen molar-refractivity contribution in [3.63, 3.8) is 0 Å². The number of hydrogen-bond acceptors (Lipinski definition) is 5. The fraction of sp³-hybridized carbons (Fsp3) is 0.200. The van der Waals surface area contributed by atoms with Crippen molar-refractivity contribution in [3.05, 3.63) is 29.3 Å². The van der Waals surface area contributed by atoms with Crippen LogP contribution in [0.4, 0.5) is 0 Å². The van der Waals surface area contributed by atoms with Crippen LogP contribution >= 0.6 is 11.6 Å². The van der Waals surface area contributed by atoms with Crippen LogP contribution in [0.25, 0.3) is 11.4 Å². The summed E-state index contributed by atoms with van der Waals surface area (Å²) in [4.78, 5) is 19.2. The van der Waals surface area contributed by atoms with E-state index >= 15 is 0 Å².